The Kier molecular flexibility index (Phi) is 13.7. The molecule has 0 N–H and O–H groups in total. The van der Waals surface area contributed by atoms with E-state index in [0.29, 0.717) is 0 Å². The molecule has 1 nitrogen and oxygen atoms in total. The van der Waals surface area contributed by atoms with Crippen LogP contribution in [-0.2, 0) is 0 Å². The first-order valence-electron chi connectivity index (χ1n) is 7.46. The Bertz CT molecular complexity index is 197. The van der Waals surface area contributed by atoms with Gasteiger partial charge < -0.3 is 4.90 Å². The summed E-state index contributed by atoms with van der Waals surface area (Å²) in [5.74, 6) is 1.18. The van der Waals surface area contributed by atoms with Crippen molar-refractivity contribution in [1.29, 1.82) is 0 Å². The molecule has 0 spiro atoms. The van der Waals surface area contributed by atoms with Gasteiger partial charge >= 0.3 is 0 Å². The number of halogens is 1. The molecule has 0 amide bonds. The summed E-state index contributed by atoms with van der Waals surface area (Å²) in [6, 6.07) is 0. The molecule has 0 radical (unpaired) electrons. The molecule has 108 valence electrons. The lowest BCUT2D eigenvalue weighted by Crippen LogP contribution is -2.14. The second-order valence-electron chi connectivity index (χ2n) is 5.08. The van der Waals surface area contributed by atoms with Crippen molar-refractivity contribution in [3.63, 3.8) is 0 Å². The van der Waals surface area contributed by atoms with Gasteiger partial charge in [-0.3, -0.25) is 0 Å². The Balaban J connectivity index is 0.00000289. The minimum atomic E-state index is 0. The van der Waals surface area contributed by atoms with Gasteiger partial charge in [-0.2, -0.15) is 0 Å². The van der Waals surface area contributed by atoms with Gasteiger partial charge in [-0.15, -0.1) is 24.2 Å². The van der Waals surface area contributed by atoms with Gasteiger partial charge in [0.25, 0.3) is 0 Å². The predicted molar refractivity (Wildman–Crippen MR) is 87.4 cm³/mol. The van der Waals surface area contributed by atoms with Crippen LogP contribution in [0.2, 0.25) is 0 Å². The molecule has 1 aliphatic rings. The fourth-order valence-corrected chi connectivity index (χ4v) is 3.00. The van der Waals surface area contributed by atoms with Gasteiger partial charge in [0, 0.05) is 12.7 Å². The van der Waals surface area contributed by atoms with Gasteiger partial charge in [-0.05, 0) is 11.8 Å². The van der Waals surface area contributed by atoms with E-state index in [9.17, 15) is 0 Å². The zero-order valence-electron chi connectivity index (χ0n) is 11.9. The standard InChI is InChI=1S/C15H29NS.ClH/c1-2-3-4-5-6-7-8-9-10-11-12-16-13-14-17-15-16;/h13-14H,2-12,15H2,1H3;1H. The zero-order chi connectivity index (χ0) is 12.2. The van der Waals surface area contributed by atoms with Crippen molar-refractivity contribution in [3.8, 4) is 0 Å². The van der Waals surface area contributed by atoms with Gasteiger partial charge in [0.2, 0.25) is 0 Å². The van der Waals surface area contributed by atoms with Crippen LogP contribution in [0.25, 0.3) is 0 Å². The van der Waals surface area contributed by atoms with E-state index in [-0.39, 0.29) is 12.4 Å². The van der Waals surface area contributed by atoms with E-state index in [0.717, 1.165) is 0 Å². The van der Waals surface area contributed by atoms with E-state index in [1.165, 1.54) is 76.6 Å². The van der Waals surface area contributed by atoms with Crippen molar-refractivity contribution in [2.45, 2.75) is 71.1 Å². The van der Waals surface area contributed by atoms with Crippen molar-refractivity contribution in [2.75, 3.05) is 12.4 Å². The number of nitrogens with zero attached hydrogens (tertiary/aromatic N) is 1. The maximum Gasteiger partial charge on any atom is 0.0675 e. The van der Waals surface area contributed by atoms with Gasteiger partial charge in [0.15, 0.2) is 0 Å². The molecular weight excluding hydrogens is 262 g/mol. The molecule has 0 aromatic carbocycles. The Labute approximate surface area is 124 Å². The summed E-state index contributed by atoms with van der Waals surface area (Å²) < 4.78 is 0. The Hall–Kier alpha value is 0.180. The summed E-state index contributed by atoms with van der Waals surface area (Å²) >= 11 is 1.91. The molecule has 0 bridgehead atoms. The number of thioether (sulfide) groups is 1. The van der Waals surface area contributed by atoms with Crippen LogP contribution in [0, 0.1) is 0 Å². The molecule has 0 aromatic rings. The summed E-state index contributed by atoms with van der Waals surface area (Å²) in [6.07, 6.45) is 16.6. The first-order valence-corrected chi connectivity index (χ1v) is 8.50. The van der Waals surface area contributed by atoms with Crippen LogP contribution in [0.15, 0.2) is 11.6 Å². The second-order valence-corrected chi connectivity index (χ2v) is 5.94. The topological polar surface area (TPSA) is 3.24 Å². The van der Waals surface area contributed by atoms with Crippen LogP contribution in [0.5, 0.6) is 0 Å². The van der Waals surface area contributed by atoms with E-state index in [4.69, 9.17) is 0 Å². The number of hydrogen-bond donors (Lipinski definition) is 0. The minimum absolute atomic E-state index is 0. The van der Waals surface area contributed by atoms with E-state index >= 15 is 0 Å². The summed E-state index contributed by atoms with van der Waals surface area (Å²) in [6.45, 7) is 3.55. The average molecular weight is 292 g/mol. The van der Waals surface area contributed by atoms with Gasteiger partial charge in [0.1, 0.15) is 0 Å². The number of hydrogen-bond acceptors (Lipinski definition) is 2. The minimum Gasteiger partial charge on any atom is -0.367 e. The molecule has 1 heterocycles. The third kappa shape index (κ3) is 10.1. The Morgan fingerprint density at radius 2 is 1.44 bits per heavy atom. The SMILES string of the molecule is CCCCCCCCCCCCN1C=CSC1.Cl. The van der Waals surface area contributed by atoms with Gasteiger partial charge in [0.05, 0.1) is 5.88 Å². The van der Waals surface area contributed by atoms with Crippen molar-refractivity contribution in [3.05, 3.63) is 11.6 Å². The van der Waals surface area contributed by atoms with Gasteiger partial charge in [-0.1, -0.05) is 64.7 Å². The average Bonchev–Trinajstić information content (AvgIpc) is 2.85. The second kappa shape index (κ2) is 13.6. The Morgan fingerprint density at radius 3 is 1.94 bits per heavy atom. The number of rotatable bonds is 11. The Morgan fingerprint density at radius 1 is 0.889 bits per heavy atom. The third-order valence-electron chi connectivity index (χ3n) is 3.41. The van der Waals surface area contributed by atoms with Crippen molar-refractivity contribution in [2.24, 2.45) is 0 Å². The van der Waals surface area contributed by atoms with Crippen LogP contribution in [-0.4, -0.2) is 17.3 Å². The highest BCUT2D eigenvalue weighted by atomic mass is 35.5. The van der Waals surface area contributed by atoms with Crippen LogP contribution < -0.4 is 0 Å². The molecule has 1 aliphatic heterocycles. The molecule has 0 aromatic heterocycles. The molecule has 0 unspecified atom stereocenters. The van der Waals surface area contributed by atoms with Crippen molar-refractivity contribution in [1.82, 2.24) is 4.90 Å². The van der Waals surface area contributed by atoms with Crippen LogP contribution in [0.1, 0.15) is 71.1 Å². The largest absolute Gasteiger partial charge is 0.367 e. The first kappa shape index (κ1) is 18.2. The fraction of sp³-hybridized carbons (Fsp3) is 0.867. The fourth-order valence-electron chi connectivity index (χ4n) is 2.25. The van der Waals surface area contributed by atoms with Crippen LogP contribution in [0.4, 0.5) is 0 Å². The molecule has 18 heavy (non-hydrogen) atoms. The quantitative estimate of drug-likeness (QED) is 0.442. The molecule has 0 saturated heterocycles. The summed E-state index contributed by atoms with van der Waals surface area (Å²) in [5, 5.41) is 2.20. The van der Waals surface area contributed by atoms with E-state index < -0.39 is 0 Å². The van der Waals surface area contributed by atoms with E-state index in [1.807, 2.05) is 11.8 Å². The smallest absolute Gasteiger partial charge is 0.0675 e. The maximum atomic E-state index is 2.43. The summed E-state index contributed by atoms with van der Waals surface area (Å²) in [5.41, 5.74) is 0. The lowest BCUT2D eigenvalue weighted by molar-refractivity contribution is 0.420. The molecule has 0 saturated carbocycles. The molecular formula is C15H30ClNS. The lowest BCUT2D eigenvalue weighted by atomic mass is 10.1. The molecule has 3 heteroatoms. The molecule has 0 atom stereocenters. The lowest BCUT2D eigenvalue weighted by Gasteiger charge is -2.13. The summed E-state index contributed by atoms with van der Waals surface area (Å²) in [7, 11) is 0. The van der Waals surface area contributed by atoms with Gasteiger partial charge in [-0.25, -0.2) is 0 Å². The highest BCUT2D eigenvalue weighted by molar-refractivity contribution is 8.02. The molecule has 0 fully saturated rings. The van der Waals surface area contributed by atoms with Crippen LogP contribution in [0.3, 0.4) is 0 Å². The monoisotopic (exact) mass is 291 g/mol. The normalized spacial score (nSPS) is 13.9. The third-order valence-corrected chi connectivity index (χ3v) is 4.20. The van der Waals surface area contributed by atoms with Crippen molar-refractivity contribution >= 4 is 24.2 Å². The molecule has 1 rings (SSSR count). The molecule has 0 aliphatic carbocycles. The van der Waals surface area contributed by atoms with Crippen LogP contribution >= 0.6 is 24.2 Å². The summed E-state index contributed by atoms with van der Waals surface area (Å²) in [4.78, 5) is 2.43. The maximum absolute atomic E-state index is 2.43. The number of unbranched alkanes of at least 4 members (excludes halogenated alkanes) is 9. The highest BCUT2D eigenvalue weighted by Crippen LogP contribution is 2.16. The van der Waals surface area contributed by atoms with E-state index in [1.54, 1.807) is 0 Å². The van der Waals surface area contributed by atoms with Crippen molar-refractivity contribution < 1.29 is 0 Å². The highest BCUT2D eigenvalue weighted by Gasteiger charge is 2.02. The predicted octanol–water partition coefficient (Wildman–Crippen LogP) is 5.81. The first-order chi connectivity index (χ1) is 8.43. The zero-order valence-corrected chi connectivity index (χ0v) is 13.5. The van der Waals surface area contributed by atoms with E-state index in [2.05, 4.69) is 23.4 Å².